The first-order valence-electron chi connectivity index (χ1n) is 12.9. The molecule has 1 atom stereocenters. The maximum Gasteiger partial charge on any atom is 0.227 e. The van der Waals surface area contributed by atoms with Crippen molar-refractivity contribution in [1.82, 2.24) is 24.8 Å². The van der Waals surface area contributed by atoms with Crippen molar-refractivity contribution in [3.05, 3.63) is 41.3 Å². The summed E-state index contributed by atoms with van der Waals surface area (Å²) in [7, 11) is 0. The van der Waals surface area contributed by atoms with E-state index in [4.69, 9.17) is 5.73 Å². The van der Waals surface area contributed by atoms with Crippen LogP contribution < -0.4 is 10.6 Å². The molecule has 2 saturated heterocycles. The van der Waals surface area contributed by atoms with E-state index < -0.39 is 0 Å². The number of anilines is 2. The van der Waals surface area contributed by atoms with E-state index in [0.717, 1.165) is 74.2 Å². The van der Waals surface area contributed by atoms with Crippen LogP contribution in [-0.4, -0.2) is 76.0 Å². The van der Waals surface area contributed by atoms with Crippen molar-refractivity contribution in [2.75, 3.05) is 49.9 Å². The predicted molar refractivity (Wildman–Crippen MR) is 137 cm³/mol. The number of aromatic nitrogens is 3. The molecule has 2 aromatic heterocycles. The third-order valence-corrected chi connectivity index (χ3v) is 7.62. The van der Waals surface area contributed by atoms with Gasteiger partial charge in [0.25, 0.3) is 0 Å². The van der Waals surface area contributed by atoms with Crippen molar-refractivity contribution in [2.24, 2.45) is 5.92 Å². The van der Waals surface area contributed by atoms with Gasteiger partial charge in [0.05, 0.1) is 17.2 Å². The molecule has 1 aliphatic carbocycles. The van der Waals surface area contributed by atoms with Gasteiger partial charge in [0.1, 0.15) is 5.82 Å². The van der Waals surface area contributed by atoms with Gasteiger partial charge in [0.2, 0.25) is 11.9 Å². The molecule has 2 aromatic rings. The minimum Gasteiger partial charge on any atom is -0.368 e. The molecule has 8 heteroatoms. The molecule has 5 rings (SSSR count). The molecule has 0 aromatic carbocycles. The molecular formula is C27H35N7O. The molecule has 184 valence electrons. The highest BCUT2D eigenvalue weighted by Gasteiger charge is 2.34. The van der Waals surface area contributed by atoms with Crippen LogP contribution in [0.15, 0.2) is 24.5 Å². The Bertz CT molecular complexity index is 1100. The molecule has 0 bridgehead atoms. The Kier molecular flexibility index (Phi) is 7.14. The number of aryl methyl sites for hydroxylation is 1. The normalized spacial score (nSPS) is 21.6. The minimum atomic E-state index is -0.0302. The largest absolute Gasteiger partial charge is 0.368 e. The van der Waals surface area contributed by atoms with Gasteiger partial charge in [-0.3, -0.25) is 14.7 Å². The highest BCUT2D eigenvalue weighted by molar-refractivity contribution is 5.80. The number of pyridine rings is 1. The van der Waals surface area contributed by atoms with Crippen LogP contribution in [0, 0.1) is 24.7 Å². The Labute approximate surface area is 207 Å². The monoisotopic (exact) mass is 473 g/mol. The molecule has 0 radical (unpaired) electrons. The molecular weight excluding hydrogens is 438 g/mol. The number of rotatable bonds is 3. The van der Waals surface area contributed by atoms with E-state index in [9.17, 15) is 4.79 Å². The van der Waals surface area contributed by atoms with Crippen molar-refractivity contribution in [2.45, 2.75) is 51.5 Å². The van der Waals surface area contributed by atoms with Crippen LogP contribution >= 0.6 is 0 Å². The lowest BCUT2D eigenvalue weighted by Crippen LogP contribution is -2.54. The summed E-state index contributed by atoms with van der Waals surface area (Å²) >= 11 is 0. The van der Waals surface area contributed by atoms with Gasteiger partial charge >= 0.3 is 0 Å². The lowest BCUT2D eigenvalue weighted by atomic mass is 9.95. The zero-order valence-corrected chi connectivity index (χ0v) is 20.6. The molecule has 35 heavy (non-hydrogen) atoms. The third kappa shape index (κ3) is 5.40. The predicted octanol–water partition coefficient (Wildman–Crippen LogP) is 2.47. The zero-order chi connectivity index (χ0) is 24.2. The second kappa shape index (κ2) is 10.6. The third-order valence-electron chi connectivity index (χ3n) is 7.62. The number of hydrogen-bond acceptors (Lipinski definition) is 7. The molecule has 3 aliphatic rings. The van der Waals surface area contributed by atoms with Crippen LogP contribution in [0.5, 0.6) is 0 Å². The van der Waals surface area contributed by atoms with Crippen LogP contribution in [0.3, 0.4) is 0 Å². The quantitative estimate of drug-likeness (QED) is 0.685. The van der Waals surface area contributed by atoms with Crippen LogP contribution in [0.2, 0.25) is 0 Å². The molecule has 3 fully saturated rings. The number of carbonyl (C=O) groups excluding carboxylic acids is 1. The van der Waals surface area contributed by atoms with Crippen LogP contribution in [0.25, 0.3) is 0 Å². The summed E-state index contributed by atoms with van der Waals surface area (Å²) in [6.45, 7) is 7.06. The van der Waals surface area contributed by atoms with E-state index in [1.54, 1.807) is 12.4 Å². The van der Waals surface area contributed by atoms with Gasteiger partial charge < -0.3 is 15.5 Å². The van der Waals surface area contributed by atoms with E-state index in [-0.39, 0.29) is 17.8 Å². The number of nitrogens with two attached hydrogens (primary N) is 1. The Morgan fingerprint density at radius 2 is 1.83 bits per heavy atom. The second-order valence-corrected chi connectivity index (χ2v) is 9.94. The Balaban J connectivity index is 1.29. The highest BCUT2D eigenvalue weighted by Crippen LogP contribution is 2.29. The molecule has 0 spiro atoms. The number of amides is 1. The molecule has 1 amide bonds. The highest BCUT2D eigenvalue weighted by atomic mass is 16.2. The first-order chi connectivity index (χ1) is 17.1. The Morgan fingerprint density at radius 3 is 2.57 bits per heavy atom. The average Bonchev–Trinajstić information content (AvgIpc) is 3.43. The Morgan fingerprint density at radius 1 is 1.03 bits per heavy atom. The van der Waals surface area contributed by atoms with E-state index in [1.807, 2.05) is 19.1 Å². The van der Waals surface area contributed by atoms with Crippen LogP contribution in [-0.2, 0) is 4.79 Å². The first kappa shape index (κ1) is 23.6. The van der Waals surface area contributed by atoms with E-state index in [1.165, 1.54) is 25.7 Å². The van der Waals surface area contributed by atoms with E-state index >= 15 is 0 Å². The first-order valence-corrected chi connectivity index (χ1v) is 12.9. The van der Waals surface area contributed by atoms with Crippen molar-refractivity contribution in [3.8, 4) is 11.8 Å². The number of piperidine rings is 1. The Hall–Kier alpha value is -3.18. The van der Waals surface area contributed by atoms with Gasteiger partial charge in [0.15, 0.2) is 0 Å². The summed E-state index contributed by atoms with van der Waals surface area (Å²) in [5.41, 5.74) is 8.38. The van der Waals surface area contributed by atoms with E-state index in [0.29, 0.717) is 6.54 Å². The lowest BCUT2D eigenvalue weighted by Gasteiger charge is -2.41. The fourth-order valence-electron chi connectivity index (χ4n) is 5.73. The van der Waals surface area contributed by atoms with Crippen molar-refractivity contribution >= 4 is 17.7 Å². The zero-order valence-electron chi connectivity index (χ0n) is 20.6. The molecule has 2 N–H and O–H groups in total. The number of nitrogens with zero attached hydrogens (tertiary/aromatic N) is 6. The van der Waals surface area contributed by atoms with Crippen LogP contribution in [0.1, 0.15) is 55.3 Å². The SMILES string of the molecule is Cc1nc(N)nc(N2CCC[C@@H](C(=O)N3CCN(C4CCCC4)CC3)C2)c1C#Cc1cccnc1. The topological polar surface area (TPSA) is 91.5 Å². The second-order valence-electron chi connectivity index (χ2n) is 9.94. The molecule has 1 saturated carbocycles. The number of piperazine rings is 1. The van der Waals surface area contributed by atoms with Crippen LogP contribution in [0.4, 0.5) is 11.8 Å². The average molecular weight is 474 g/mol. The van der Waals surface area contributed by atoms with Gasteiger partial charge in [-0.2, -0.15) is 4.98 Å². The maximum atomic E-state index is 13.5. The number of carbonyl (C=O) groups is 1. The van der Waals surface area contributed by atoms with Gasteiger partial charge in [-0.15, -0.1) is 0 Å². The van der Waals surface area contributed by atoms with Crippen molar-refractivity contribution in [1.29, 1.82) is 0 Å². The summed E-state index contributed by atoms with van der Waals surface area (Å²) in [4.78, 5) is 33.4. The summed E-state index contributed by atoms with van der Waals surface area (Å²) in [6.07, 6.45) is 10.7. The van der Waals surface area contributed by atoms with Crippen molar-refractivity contribution in [3.63, 3.8) is 0 Å². The lowest BCUT2D eigenvalue weighted by molar-refractivity contribution is -0.137. The molecule has 8 nitrogen and oxygen atoms in total. The number of hydrogen-bond donors (Lipinski definition) is 1. The fourth-order valence-corrected chi connectivity index (χ4v) is 5.73. The van der Waals surface area contributed by atoms with Gasteiger partial charge in [-0.25, -0.2) is 4.98 Å². The maximum absolute atomic E-state index is 13.5. The number of nitrogen functional groups attached to an aromatic ring is 1. The molecule has 2 aliphatic heterocycles. The standard InChI is InChI=1S/C27H35N7O/c1-20-24(11-10-21-6-4-12-29-18-21)25(31-27(28)30-20)34-13-5-7-22(19-34)26(35)33-16-14-32(15-17-33)23-8-2-3-9-23/h4,6,12,18,22-23H,2-3,5,7-9,13-17,19H2,1H3,(H2,28,30,31)/t22-/m1/s1. The summed E-state index contributed by atoms with van der Waals surface area (Å²) in [5.74, 6) is 7.64. The summed E-state index contributed by atoms with van der Waals surface area (Å²) in [6, 6.07) is 4.52. The van der Waals surface area contributed by atoms with Gasteiger partial charge in [-0.1, -0.05) is 24.7 Å². The molecule has 4 heterocycles. The smallest absolute Gasteiger partial charge is 0.227 e. The summed E-state index contributed by atoms with van der Waals surface area (Å²) in [5, 5.41) is 0. The van der Waals surface area contributed by atoms with Crippen molar-refractivity contribution < 1.29 is 4.79 Å². The summed E-state index contributed by atoms with van der Waals surface area (Å²) < 4.78 is 0. The fraction of sp³-hybridized carbons (Fsp3) is 0.556. The van der Waals surface area contributed by atoms with Gasteiger partial charge in [-0.05, 0) is 44.7 Å². The molecule has 0 unspecified atom stereocenters. The van der Waals surface area contributed by atoms with E-state index in [2.05, 4.69) is 41.5 Å². The van der Waals surface area contributed by atoms with Gasteiger partial charge in [0, 0.05) is 63.3 Å². The minimum absolute atomic E-state index is 0.0302.